The van der Waals surface area contributed by atoms with Crippen LogP contribution in [0.2, 0.25) is 0 Å². The third-order valence-electron chi connectivity index (χ3n) is 2.59. The number of nitrogens with one attached hydrogen (secondary N) is 1. The molecule has 1 aromatic rings. The van der Waals surface area contributed by atoms with E-state index in [0.717, 1.165) is 24.7 Å². The minimum absolute atomic E-state index is 0. The third-order valence-corrected chi connectivity index (χ3v) is 2.59. The Bertz CT molecular complexity index is 412. The van der Waals surface area contributed by atoms with Gasteiger partial charge in [0.05, 0.1) is 6.54 Å². The Labute approximate surface area is 132 Å². The number of halogens is 1. The molecule has 0 spiro atoms. The fraction of sp³-hybridized carbons (Fsp3) is 0.583. The number of aromatic nitrogens is 3. The van der Waals surface area contributed by atoms with E-state index in [9.17, 15) is 0 Å². The van der Waals surface area contributed by atoms with Crippen LogP contribution in [0.1, 0.15) is 19.2 Å². The number of aliphatic imine (C=N–C) groups is 1. The van der Waals surface area contributed by atoms with E-state index in [1.807, 2.05) is 32.0 Å². The Morgan fingerprint density at radius 3 is 2.84 bits per heavy atom. The molecule has 108 valence electrons. The van der Waals surface area contributed by atoms with Gasteiger partial charge < -0.3 is 10.2 Å². The predicted octanol–water partition coefficient (Wildman–Crippen LogP) is 1.41. The average molecular weight is 378 g/mol. The first-order valence-electron chi connectivity index (χ1n) is 6.04. The van der Waals surface area contributed by atoms with Crippen molar-refractivity contribution in [2.45, 2.75) is 19.9 Å². The minimum atomic E-state index is 0. The van der Waals surface area contributed by atoms with Crippen molar-refractivity contribution in [3.05, 3.63) is 24.3 Å². The van der Waals surface area contributed by atoms with Gasteiger partial charge >= 0.3 is 0 Å². The lowest BCUT2D eigenvalue weighted by atomic mass is 10.4. The van der Waals surface area contributed by atoms with E-state index in [2.05, 4.69) is 26.5 Å². The monoisotopic (exact) mass is 378 g/mol. The number of guanidine groups is 1. The maximum atomic E-state index is 4.25. The maximum absolute atomic E-state index is 4.25. The van der Waals surface area contributed by atoms with E-state index in [1.165, 1.54) is 0 Å². The van der Waals surface area contributed by atoms with E-state index in [0.29, 0.717) is 6.54 Å². The zero-order valence-corrected chi connectivity index (χ0v) is 14.3. The molecular formula is C12H23IN6. The number of aryl methyl sites for hydroxylation is 1. The molecule has 1 aromatic heterocycles. The second-order valence-electron chi connectivity index (χ2n) is 3.99. The van der Waals surface area contributed by atoms with Crippen LogP contribution < -0.4 is 5.32 Å². The molecule has 6 nitrogen and oxygen atoms in total. The molecule has 0 fully saturated rings. The van der Waals surface area contributed by atoms with Crippen LogP contribution in [-0.4, -0.2) is 46.3 Å². The van der Waals surface area contributed by atoms with E-state index in [-0.39, 0.29) is 24.0 Å². The molecule has 1 N–H and O–H groups in total. The Kier molecular flexibility index (Phi) is 9.19. The summed E-state index contributed by atoms with van der Waals surface area (Å²) >= 11 is 0. The van der Waals surface area contributed by atoms with Gasteiger partial charge in [-0.05, 0) is 13.3 Å². The van der Waals surface area contributed by atoms with Crippen LogP contribution in [0.4, 0.5) is 0 Å². The fourth-order valence-corrected chi connectivity index (χ4v) is 1.57. The molecule has 0 bridgehead atoms. The van der Waals surface area contributed by atoms with Gasteiger partial charge in [-0.25, -0.2) is 4.98 Å². The van der Waals surface area contributed by atoms with E-state index in [1.54, 1.807) is 18.1 Å². The van der Waals surface area contributed by atoms with Crippen LogP contribution in [0, 0.1) is 0 Å². The van der Waals surface area contributed by atoms with Gasteiger partial charge in [0.2, 0.25) is 0 Å². The standard InChI is InChI=1S/C12H22N6.HI/c1-5-6-7-8-14-12(13-2)17(3)9-11-15-10-16-18(11)4;/h5-6,10H,7-9H2,1-4H3,(H,13,14);1H/b6-5+;. The molecule has 0 aliphatic rings. The number of nitrogens with zero attached hydrogens (tertiary/aromatic N) is 5. The first-order chi connectivity index (χ1) is 8.69. The number of hydrogen-bond acceptors (Lipinski definition) is 3. The normalized spacial score (nSPS) is 11.5. The van der Waals surface area contributed by atoms with Gasteiger partial charge in [-0.2, -0.15) is 5.10 Å². The van der Waals surface area contributed by atoms with Gasteiger partial charge in [-0.1, -0.05) is 12.2 Å². The molecule has 0 saturated carbocycles. The van der Waals surface area contributed by atoms with Crippen LogP contribution in [0.3, 0.4) is 0 Å². The van der Waals surface area contributed by atoms with Gasteiger partial charge in [-0.3, -0.25) is 9.67 Å². The fourth-order valence-electron chi connectivity index (χ4n) is 1.57. The molecule has 1 rings (SSSR count). The van der Waals surface area contributed by atoms with Crippen molar-refractivity contribution in [1.82, 2.24) is 25.0 Å². The molecule has 0 saturated heterocycles. The van der Waals surface area contributed by atoms with Crippen LogP contribution in [0.15, 0.2) is 23.5 Å². The quantitative estimate of drug-likeness (QED) is 0.277. The van der Waals surface area contributed by atoms with E-state index >= 15 is 0 Å². The number of rotatable bonds is 5. The molecule has 0 aliphatic carbocycles. The highest BCUT2D eigenvalue weighted by atomic mass is 127. The zero-order valence-electron chi connectivity index (χ0n) is 12.0. The molecule has 0 aromatic carbocycles. The molecule has 0 amide bonds. The minimum Gasteiger partial charge on any atom is -0.356 e. The summed E-state index contributed by atoms with van der Waals surface area (Å²) in [5.74, 6) is 1.77. The van der Waals surface area contributed by atoms with Crippen LogP contribution in [0.5, 0.6) is 0 Å². The van der Waals surface area contributed by atoms with Gasteiger partial charge in [0.15, 0.2) is 5.96 Å². The summed E-state index contributed by atoms with van der Waals surface area (Å²) in [6, 6.07) is 0. The molecule has 7 heteroatoms. The van der Waals surface area contributed by atoms with Gasteiger partial charge in [0, 0.05) is 27.7 Å². The molecule has 0 aliphatic heterocycles. The molecule has 0 atom stereocenters. The van der Waals surface area contributed by atoms with Crippen molar-refractivity contribution in [2.24, 2.45) is 12.0 Å². The molecule has 0 unspecified atom stereocenters. The Hall–Kier alpha value is -1.12. The number of allylic oxidation sites excluding steroid dienone is 1. The summed E-state index contributed by atoms with van der Waals surface area (Å²) in [7, 11) is 5.66. The lowest BCUT2D eigenvalue weighted by molar-refractivity contribution is 0.449. The topological polar surface area (TPSA) is 58.3 Å². The second kappa shape index (κ2) is 9.76. The maximum Gasteiger partial charge on any atom is 0.193 e. The second-order valence-corrected chi connectivity index (χ2v) is 3.99. The molecule has 19 heavy (non-hydrogen) atoms. The lowest BCUT2D eigenvalue weighted by Gasteiger charge is -2.21. The molecule has 0 radical (unpaired) electrons. The summed E-state index contributed by atoms with van der Waals surface area (Å²) < 4.78 is 1.77. The third kappa shape index (κ3) is 6.04. The first kappa shape index (κ1) is 17.9. The summed E-state index contributed by atoms with van der Waals surface area (Å²) in [4.78, 5) is 10.5. The van der Waals surface area contributed by atoms with Gasteiger partial charge in [0.25, 0.3) is 0 Å². The number of hydrogen-bond donors (Lipinski definition) is 1. The van der Waals surface area contributed by atoms with Crippen molar-refractivity contribution in [3.8, 4) is 0 Å². The zero-order chi connectivity index (χ0) is 13.4. The van der Waals surface area contributed by atoms with Crippen molar-refractivity contribution in [1.29, 1.82) is 0 Å². The lowest BCUT2D eigenvalue weighted by Crippen LogP contribution is -2.39. The molecular weight excluding hydrogens is 355 g/mol. The van der Waals surface area contributed by atoms with Crippen molar-refractivity contribution < 1.29 is 0 Å². The van der Waals surface area contributed by atoms with Crippen LogP contribution in [-0.2, 0) is 13.6 Å². The highest BCUT2D eigenvalue weighted by molar-refractivity contribution is 14.0. The Balaban J connectivity index is 0.00000324. The summed E-state index contributed by atoms with van der Waals surface area (Å²) in [5.41, 5.74) is 0. The Morgan fingerprint density at radius 1 is 1.58 bits per heavy atom. The van der Waals surface area contributed by atoms with E-state index < -0.39 is 0 Å². The van der Waals surface area contributed by atoms with Gasteiger partial charge in [0.1, 0.15) is 12.2 Å². The van der Waals surface area contributed by atoms with Crippen LogP contribution >= 0.6 is 24.0 Å². The Morgan fingerprint density at radius 2 is 2.32 bits per heavy atom. The summed E-state index contributed by atoms with van der Waals surface area (Å²) in [5, 5.41) is 7.35. The SMILES string of the molecule is C/C=C/CCNC(=NC)N(C)Cc1ncnn1C.I. The van der Waals surface area contributed by atoms with Crippen molar-refractivity contribution >= 4 is 29.9 Å². The summed E-state index contributed by atoms with van der Waals surface area (Å²) in [6.07, 6.45) is 6.73. The van der Waals surface area contributed by atoms with E-state index in [4.69, 9.17) is 0 Å². The first-order valence-corrected chi connectivity index (χ1v) is 6.04. The smallest absolute Gasteiger partial charge is 0.193 e. The molecule has 1 heterocycles. The van der Waals surface area contributed by atoms with Crippen molar-refractivity contribution in [2.75, 3.05) is 20.6 Å². The summed E-state index contributed by atoms with van der Waals surface area (Å²) in [6.45, 7) is 3.58. The van der Waals surface area contributed by atoms with Gasteiger partial charge in [-0.15, -0.1) is 24.0 Å². The highest BCUT2D eigenvalue weighted by Gasteiger charge is 2.08. The van der Waals surface area contributed by atoms with Crippen LogP contribution in [0.25, 0.3) is 0 Å². The van der Waals surface area contributed by atoms with Crippen molar-refractivity contribution in [3.63, 3.8) is 0 Å². The average Bonchev–Trinajstić information content (AvgIpc) is 2.75. The highest BCUT2D eigenvalue weighted by Crippen LogP contribution is 1.97. The predicted molar refractivity (Wildman–Crippen MR) is 88.7 cm³/mol. The largest absolute Gasteiger partial charge is 0.356 e.